The van der Waals surface area contributed by atoms with Crippen molar-refractivity contribution >= 4 is 0 Å². The lowest BCUT2D eigenvalue weighted by atomic mass is 9.86. The molecule has 3 heteroatoms. The van der Waals surface area contributed by atoms with Crippen LogP contribution >= 0.6 is 0 Å². The molecular weight excluding hydrogens is 241 g/mol. The van der Waals surface area contributed by atoms with Crippen LogP contribution in [0.2, 0.25) is 0 Å². The highest BCUT2D eigenvalue weighted by Gasteiger charge is 2.22. The van der Waals surface area contributed by atoms with Gasteiger partial charge in [0.15, 0.2) is 0 Å². The van der Waals surface area contributed by atoms with Crippen LogP contribution in [0.15, 0.2) is 18.2 Å². The molecule has 1 aromatic carbocycles. The van der Waals surface area contributed by atoms with Crippen LogP contribution in [0.4, 0.5) is 4.39 Å². The molecule has 2 N–H and O–H groups in total. The van der Waals surface area contributed by atoms with E-state index in [1.807, 2.05) is 6.92 Å². The molecule has 2 nitrogen and oxygen atoms in total. The van der Waals surface area contributed by atoms with Gasteiger partial charge in [-0.25, -0.2) is 4.39 Å². The number of rotatable bonds is 4. The van der Waals surface area contributed by atoms with Crippen LogP contribution in [-0.2, 0) is 0 Å². The average Bonchev–Trinajstić information content (AvgIpc) is 2.41. The van der Waals surface area contributed by atoms with E-state index >= 15 is 0 Å². The summed E-state index contributed by atoms with van der Waals surface area (Å²) < 4.78 is 19.3. The monoisotopic (exact) mass is 265 g/mol. The summed E-state index contributed by atoms with van der Waals surface area (Å²) in [7, 11) is 0. The first-order valence-electron chi connectivity index (χ1n) is 7.31. The lowest BCUT2D eigenvalue weighted by Crippen LogP contribution is -2.24. The van der Waals surface area contributed by atoms with Crippen LogP contribution in [0.5, 0.6) is 5.75 Å². The van der Waals surface area contributed by atoms with Gasteiger partial charge < -0.3 is 10.5 Å². The zero-order valence-electron chi connectivity index (χ0n) is 11.9. The summed E-state index contributed by atoms with van der Waals surface area (Å²) >= 11 is 0. The first-order valence-corrected chi connectivity index (χ1v) is 7.31. The molecule has 19 heavy (non-hydrogen) atoms. The van der Waals surface area contributed by atoms with Crippen LogP contribution in [-0.4, -0.2) is 6.10 Å². The molecule has 0 radical (unpaired) electrons. The molecule has 0 aliphatic heterocycles. The molecule has 0 heterocycles. The van der Waals surface area contributed by atoms with Gasteiger partial charge in [-0.3, -0.25) is 0 Å². The van der Waals surface area contributed by atoms with E-state index in [0.29, 0.717) is 0 Å². The van der Waals surface area contributed by atoms with Gasteiger partial charge in [0.05, 0.1) is 6.10 Å². The lowest BCUT2D eigenvalue weighted by molar-refractivity contribution is 0.128. The van der Waals surface area contributed by atoms with Crippen molar-refractivity contribution < 1.29 is 9.13 Å². The SMILES string of the molecule is CCC1CCC(Oc2ccc(F)cc2[C@H](C)N)CC1. The van der Waals surface area contributed by atoms with Crippen molar-refractivity contribution in [3.8, 4) is 5.75 Å². The maximum absolute atomic E-state index is 13.3. The van der Waals surface area contributed by atoms with Crippen molar-refractivity contribution in [2.75, 3.05) is 0 Å². The fraction of sp³-hybridized carbons (Fsp3) is 0.625. The summed E-state index contributed by atoms with van der Waals surface area (Å²) in [5, 5.41) is 0. The van der Waals surface area contributed by atoms with E-state index < -0.39 is 0 Å². The van der Waals surface area contributed by atoms with E-state index in [4.69, 9.17) is 10.5 Å². The number of nitrogens with two attached hydrogens (primary N) is 1. The Bertz CT molecular complexity index is 411. The molecule has 2 rings (SSSR count). The third-order valence-electron chi connectivity index (χ3n) is 4.13. The fourth-order valence-corrected chi connectivity index (χ4v) is 2.82. The second kappa shape index (κ2) is 6.38. The third kappa shape index (κ3) is 3.69. The second-order valence-corrected chi connectivity index (χ2v) is 5.64. The highest BCUT2D eigenvalue weighted by molar-refractivity contribution is 5.36. The van der Waals surface area contributed by atoms with Gasteiger partial charge in [0.2, 0.25) is 0 Å². The summed E-state index contributed by atoms with van der Waals surface area (Å²) in [6, 6.07) is 4.42. The molecule has 1 fully saturated rings. The summed E-state index contributed by atoms with van der Waals surface area (Å²) in [4.78, 5) is 0. The standard InChI is InChI=1S/C16H24FNO/c1-3-12-4-7-14(8-5-12)19-16-9-6-13(17)10-15(16)11(2)18/h6,9-12,14H,3-5,7-8,18H2,1-2H3/t11-,12?,14?/m0/s1. The van der Waals surface area contributed by atoms with E-state index in [1.54, 1.807) is 6.07 Å². The van der Waals surface area contributed by atoms with Crippen molar-refractivity contribution in [3.05, 3.63) is 29.6 Å². The molecule has 0 bridgehead atoms. The van der Waals surface area contributed by atoms with Crippen LogP contribution in [0.3, 0.4) is 0 Å². The summed E-state index contributed by atoms with van der Waals surface area (Å²) in [6.45, 7) is 4.11. The van der Waals surface area contributed by atoms with Gasteiger partial charge >= 0.3 is 0 Å². The van der Waals surface area contributed by atoms with E-state index in [-0.39, 0.29) is 18.0 Å². The maximum Gasteiger partial charge on any atom is 0.124 e. The molecule has 1 aliphatic carbocycles. The lowest BCUT2D eigenvalue weighted by Gasteiger charge is -2.29. The summed E-state index contributed by atoms with van der Waals surface area (Å²) in [5.41, 5.74) is 6.65. The van der Waals surface area contributed by atoms with Crippen LogP contribution in [0.25, 0.3) is 0 Å². The van der Waals surface area contributed by atoms with Gasteiger partial charge in [0.1, 0.15) is 11.6 Å². The molecule has 1 aliphatic rings. The Kier molecular flexibility index (Phi) is 4.81. The van der Waals surface area contributed by atoms with Crippen molar-refractivity contribution in [1.29, 1.82) is 0 Å². The zero-order chi connectivity index (χ0) is 13.8. The van der Waals surface area contributed by atoms with Gasteiger partial charge in [-0.1, -0.05) is 13.3 Å². The Labute approximate surface area is 115 Å². The highest BCUT2D eigenvalue weighted by Crippen LogP contribution is 2.32. The number of hydrogen-bond acceptors (Lipinski definition) is 2. The Morgan fingerprint density at radius 1 is 1.32 bits per heavy atom. The summed E-state index contributed by atoms with van der Waals surface area (Å²) in [6.07, 6.45) is 6.16. The largest absolute Gasteiger partial charge is 0.490 e. The first-order chi connectivity index (χ1) is 9.10. The fourth-order valence-electron chi connectivity index (χ4n) is 2.82. The predicted octanol–water partition coefficient (Wildman–Crippen LogP) is 4.19. The topological polar surface area (TPSA) is 35.2 Å². The molecule has 0 spiro atoms. The normalized spacial score (nSPS) is 25.1. The quantitative estimate of drug-likeness (QED) is 0.885. The van der Waals surface area contributed by atoms with E-state index in [2.05, 4.69) is 6.92 Å². The van der Waals surface area contributed by atoms with Gasteiger partial charge in [0, 0.05) is 11.6 Å². The van der Waals surface area contributed by atoms with E-state index in [0.717, 1.165) is 30.1 Å². The minimum atomic E-state index is -0.255. The molecule has 0 saturated heterocycles. The second-order valence-electron chi connectivity index (χ2n) is 5.64. The van der Waals surface area contributed by atoms with Crippen LogP contribution in [0, 0.1) is 11.7 Å². The first kappa shape index (κ1) is 14.3. The molecule has 0 amide bonds. The van der Waals surface area contributed by atoms with Gasteiger partial charge in [-0.05, 0) is 56.7 Å². The molecule has 1 atom stereocenters. The van der Waals surface area contributed by atoms with Gasteiger partial charge in [-0.2, -0.15) is 0 Å². The minimum Gasteiger partial charge on any atom is -0.490 e. The average molecular weight is 265 g/mol. The van der Waals surface area contributed by atoms with Crippen molar-refractivity contribution in [2.45, 2.75) is 58.1 Å². The van der Waals surface area contributed by atoms with Gasteiger partial charge in [-0.15, -0.1) is 0 Å². The zero-order valence-corrected chi connectivity index (χ0v) is 11.9. The molecular formula is C16H24FNO. The molecule has 0 unspecified atom stereocenters. The summed E-state index contributed by atoms with van der Waals surface area (Å²) in [5.74, 6) is 1.34. The molecule has 106 valence electrons. The number of halogens is 1. The molecule has 1 saturated carbocycles. The van der Waals surface area contributed by atoms with E-state index in [1.165, 1.54) is 31.4 Å². The van der Waals surface area contributed by atoms with Gasteiger partial charge in [0.25, 0.3) is 0 Å². The van der Waals surface area contributed by atoms with Crippen molar-refractivity contribution in [3.63, 3.8) is 0 Å². The van der Waals surface area contributed by atoms with Crippen LogP contribution in [0.1, 0.15) is 57.6 Å². The minimum absolute atomic E-state index is 0.210. The predicted molar refractivity (Wildman–Crippen MR) is 75.7 cm³/mol. The Morgan fingerprint density at radius 2 is 2.00 bits per heavy atom. The van der Waals surface area contributed by atoms with Crippen molar-refractivity contribution in [1.82, 2.24) is 0 Å². The molecule has 0 aromatic heterocycles. The Morgan fingerprint density at radius 3 is 2.58 bits per heavy atom. The van der Waals surface area contributed by atoms with E-state index in [9.17, 15) is 4.39 Å². The number of ether oxygens (including phenoxy) is 1. The van der Waals surface area contributed by atoms with Crippen molar-refractivity contribution in [2.24, 2.45) is 11.7 Å². The number of benzene rings is 1. The smallest absolute Gasteiger partial charge is 0.124 e. The number of hydrogen-bond donors (Lipinski definition) is 1. The highest BCUT2D eigenvalue weighted by atomic mass is 19.1. The molecule has 1 aromatic rings. The maximum atomic E-state index is 13.3. The Balaban J connectivity index is 2.03. The van der Waals surface area contributed by atoms with Crippen LogP contribution < -0.4 is 10.5 Å². The third-order valence-corrected chi connectivity index (χ3v) is 4.13. The Hall–Kier alpha value is -1.09.